The van der Waals surface area contributed by atoms with Crippen LogP contribution in [0.15, 0.2) is 56.6 Å². The van der Waals surface area contributed by atoms with E-state index in [0.29, 0.717) is 11.3 Å². The second kappa shape index (κ2) is 8.40. The number of aliphatic hydroxyl groups is 1. The van der Waals surface area contributed by atoms with Crippen molar-refractivity contribution in [1.29, 1.82) is 0 Å². The average Bonchev–Trinajstić information content (AvgIpc) is 3.01. The second-order valence-corrected chi connectivity index (χ2v) is 8.86. The van der Waals surface area contributed by atoms with Gasteiger partial charge in [-0.25, -0.2) is 17.9 Å². The van der Waals surface area contributed by atoms with E-state index in [-0.39, 0.29) is 29.7 Å². The van der Waals surface area contributed by atoms with Gasteiger partial charge < -0.3 is 14.3 Å². The van der Waals surface area contributed by atoms with Gasteiger partial charge in [-0.15, -0.1) is 0 Å². The maximum absolute atomic E-state index is 12.5. The van der Waals surface area contributed by atoms with Crippen LogP contribution < -0.4 is 15.2 Å². The van der Waals surface area contributed by atoms with Gasteiger partial charge in [-0.3, -0.25) is 4.57 Å². The van der Waals surface area contributed by atoms with Gasteiger partial charge in [0.15, 0.2) is 5.58 Å². The molecule has 2 N–H and O–H groups in total. The van der Waals surface area contributed by atoms with Crippen LogP contribution in [-0.2, 0) is 10.0 Å². The van der Waals surface area contributed by atoms with Crippen LogP contribution in [0.25, 0.3) is 11.1 Å². The van der Waals surface area contributed by atoms with Gasteiger partial charge in [-0.2, -0.15) is 0 Å². The lowest BCUT2D eigenvalue weighted by Crippen LogP contribution is -2.35. The van der Waals surface area contributed by atoms with E-state index in [4.69, 9.17) is 9.15 Å². The molecule has 9 heteroatoms. The van der Waals surface area contributed by atoms with Crippen molar-refractivity contribution in [3.8, 4) is 5.75 Å². The van der Waals surface area contributed by atoms with E-state index in [9.17, 15) is 18.3 Å². The molecular formula is C20H24N2O6S. The van der Waals surface area contributed by atoms with E-state index in [0.717, 1.165) is 5.56 Å². The topological polar surface area (TPSA) is 111 Å². The Morgan fingerprint density at radius 3 is 2.52 bits per heavy atom. The summed E-state index contributed by atoms with van der Waals surface area (Å²) < 4.78 is 39.5. The molecule has 0 saturated carbocycles. The third-order valence-corrected chi connectivity index (χ3v) is 5.81. The van der Waals surface area contributed by atoms with E-state index in [1.54, 1.807) is 12.1 Å². The van der Waals surface area contributed by atoms with Gasteiger partial charge >= 0.3 is 5.76 Å². The van der Waals surface area contributed by atoms with Crippen LogP contribution in [-0.4, -0.2) is 37.3 Å². The third kappa shape index (κ3) is 4.87. The number of benzene rings is 2. The summed E-state index contributed by atoms with van der Waals surface area (Å²) in [4.78, 5) is 11.9. The van der Waals surface area contributed by atoms with Crippen molar-refractivity contribution >= 4 is 21.1 Å². The van der Waals surface area contributed by atoms with Crippen molar-refractivity contribution in [2.45, 2.75) is 37.8 Å². The first-order chi connectivity index (χ1) is 13.7. The molecule has 8 nitrogen and oxygen atoms in total. The average molecular weight is 420 g/mol. The number of ether oxygens (including phenoxy) is 1. The van der Waals surface area contributed by atoms with E-state index < -0.39 is 21.9 Å². The number of rotatable bonds is 8. The summed E-state index contributed by atoms with van der Waals surface area (Å²) >= 11 is 0. The molecule has 1 aromatic heterocycles. The zero-order chi connectivity index (χ0) is 21.2. The first-order valence-electron chi connectivity index (χ1n) is 9.19. The van der Waals surface area contributed by atoms with Gasteiger partial charge in [0.2, 0.25) is 10.0 Å². The van der Waals surface area contributed by atoms with Crippen molar-refractivity contribution in [2.75, 3.05) is 13.2 Å². The first-order valence-corrected chi connectivity index (χ1v) is 10.7. The number of fused-ring (bicyclic) bond motifs is 1. The van der Waals surface area contributed by atoms with Crippen LogP contribution in [0.4, 0.5) is 0 Å². The molecule has 1 atom stereocenters. The Balaban J connectivity index is 1.65. The Bertz CT molecular complexity index is 1150. The van der Waals surface area contributed by atoms with Crippen molar-refractivity contribution in [2.24, 2.45) is 0 Å². The Hall–Kier alpha value is -2.62. The minimum Gasteiger partial charge on any atom is -0.491 e. The molecular weight excluding hydrogens is 396 g/mol. The fourth-order valence-corrected chi connectivity index (χ4v) is 3.94. The van der Waals surface area contributed by atoms with Gasteiger partial charge in [0.1, 0.15) is 18.5 Å². The van der Waals surface area contributed by atoms with E-state index in [2.05, 4.69) is 4.72 Å². The molecule has 0 aliphatic heterocycles. The molecule has 0 aliphatic rings. The zero-order valence-corrected chi connectivity index (χ0v) is 17.3. The maximum Gasteiger partial charge on any atom is 0.420 e. The molecule has 0 fully saturated rings. The normalized spacial score (nSPS) is 13.1. The molecule has 0 saturated heterocycles. The highest BCUT2D eigenvalue weighted by molar-refractivity contribution is 7.89. The molecule has 1 heterocycles. The lowest BCUT2D eigenvalue weighted by molar-refractivity contribution is 0.111. The molecule has 3 rings (SSSR count). The molecule has 156 valence electrons. The molecule has 0 radical (unpaired) electrons. The second-order valence-electron chi connectivity index (χ2n) is 7.09. The fourth-order valence-electron chi connectivity index (χ4n) is 2.85. The highest BCUT2D eigenvalue weighted by Crippen LogP contribution is 2.21. The van der Waals surface area contributed by atoms with Crippen LogP contribution >= 0.6 is 0 Å². The van der Waals surface area contributed by atoms with E-state index >= 15 is 0 Å². The first kappa shape index (κ1) is 21.1. The highest BCUT2D eigenvalue weighted by atomic mass is 32.2. The van der Waals surface area contributed by atoms with Gasteiger partial charge in [-0.05, 0) is 45.0 Å². The van der Waals surface area contributed by atoms with Crippen molar-refractivity contribution in [3.63, 3.8) is 0 Å². The largest absolute Gasteiger partial charge is 0.491 e. The van der Waals surface area contributed by atoms with Crippen LogP contribution in [0.3, 0.4) is 0 Å². The predicted octanol–water partition coefficient (Wildman–Crippen LogP) is 2.20. The summed E-state index contributed by atoms with van der Waals surface area (Å²) in [6.07, 6.45) is -1.03. The molecule has 29 heavy (non-hydrogen) atoms. The minimum absolute atomic E-state index is 0.0543. The molecule has 0 aliphatic carbocycles. The molecule has 0 amide bonds. The molecule has 0 spiro atoms. The zero-order valence-electron chi connectivity index (χ0n) is 16.5. The molecule has 3 aromatic rings. The number of nitrogens with one attached hydrogen (secondary N) is 1. The summed E-state index contributed by atoms with van der Waals surface area (Å²) in [7, 11) is -3.90. The molecule has 2 aromatic carbocycles. The van der Waals surface area contributed by atoms with Crippen molar-refractivity contribution in [1.82, 2.24) is 9.29 Å². The smallest absolute Gasteiger partial charge is 0.420 e. The van der Waals surface area contributed by atoms with E-state index in [1.807, 2.05) is 32.9 Å². The number of sulfonamides is 1. The highest BCUT2D eigenvalue weighted by Gasteiger charge is 2.19. The monoisotopic (exact) mass is 420 g/mol. The quantitative estimate of drug-likeness (QED) is 0.578. The number of aryl methyl sites for hydroxylation is 1. The summed E-state index contributed by atoms with van der Waals surface area (Å²) in [5, 5.41) is 10.0. The SMILES string of the molecule is Cc1ccc(OC[C@@H](O)CNS(=O)(=O)c2ccc3c(c2)oc(=O)n3C(C)C)cc1. The van der Waals surface area contributed by atoms with Crippen LogP contribution in [0, 0.1) is 6.92 Å². The van der Waals surface area contributed by atoms with Crippen LogP contribution in [0.1, 0.15) is 25.5 Å². The Kier molecular flexibility index (Phi) is 6.11. The fraction of sp³-hybridized carbons (Fsp3) is 0.350. The minimum atomic E-state index is -3.90. The number of aliphatic hydroxyl groups excluding tert-OH is 1. The number of nitrogens with zero attached hydrogens (tertiary/aromatic N) is 1. The van der Waals surface area contributed by atoms with Gasteiger partial charge in [0.25, 0.3) is 0 Å². The number of hydrogen-bond acceptors (Lipinski definition) is 6. The summed E-state index contributed by atoms with van der Waals surface area (Å²) in [6, 6.07) is 11.4. The maximum atomic E-state index is 12.5. The van der Waals surface area contributed by atoms with Crippen molar-refractivity contribution in [3.05, 3.63) is 58.6 Å². The Labute approximate surface area is 168 Å². The van der Waals surface area contributed by atoms with Gasteiger partial charge in [-0.1, -0.05) is 17.7 Å². The lowest BCUT2D eigenvalue weighted by atomic mass is 10.2. The number of aromatic nitrogens is 1. The van der Waals surface area contributed by atoms with Crippen LogP contribution in [0.2, 0.25) is 0 Å². The Morgan fingerprint density at radius 2 is 1.86 bits per heavy atom. The van der Waals surface area contributed by atoms with Crippen molar-refractivity contribution < 1.29 is 22.7 Å². The molecule has 0 unspecified atom stereocenters. The van der Waals surface area contributed by atoms with E-state index in [1.165, 1.54) is 22.8 Å². The summed E-state index contributed by atoms with van der Waals surface area (Å²) in [5.74, 6) is 0.0498. The Morgan fingerprint density at radius 1 is 1.17 bits per heavy atom. The number of hydrogen-bond donors (Lipinski definition) is 2. The number of oxazole rings is 1. The predicted molar refractivity (Wildman–Crippen MR) is 109 cm³/mol. The molecule has 0 bridgehead atoms. The summed E-state index contributed by atoms with van der Waals surface area (Å²) in [5.41, 5.74) is 1.80. The standard InChI is InChI=1S/C20H24N2O6S/c1-13(2)22-18-9-8-17(10-19(18)28-20(22)24)29(25,26)21-11-15(23)12-27-16-6-4-14(3)5-7-16/h4-10,13,15,21,23H,11-12H2,1-3H3/t15-/m0/s1. The van der Waals surface area contributed by atoms with Gasteiger partial charge in [0.05, 0.1) is 10.4 Å². The summed E-state index contributed by atoms with van der Waals surface area (Å²) in [6.45, 7) is 5.35. The van der Waals surface area contributed by atoms with Gasteiger partial charge in [0, 0.05) is 18.7 Å². The third-order valence-electron chi connectivity index (χ3n) is 4.38. The van der Waals surface area contributed by atoms with Crippen LogP contribution in [0.5, 0.6) is 5.75 Å². The lowest BCUT2D eigenvalue weighted by Gasteiger charge is -2.14.